The van der Waals surface area contributed by atoms with E-state index in [4.69, 9.17) is 11.6 Å². The van der Waals surface area contributed by atoms with E-state index in [-0.39, 0.29) is 0 Å². The van der Waals surface area contributed by atoms with Crippen LogP contribution < -0.4 is 0 Å². The molecule has 0 aromatic heterocycles. The van der Waals surface area contributed by atoms with Gasteiger partial charge in [-0.2, -0.15) is 13.2 Å². The minimum Gasteiger partial charge on any atom is -0.440 e. The molecule has 1 rings (SSSR count). The quantitative estimate of drug-likeness (QED) is 0.842. The Bertz CT molecular complexity index is 451. The Labute approximate surface area is 113 Å². The van der Waals surface area contributed by atoms with Gasteiger partial charge < -0.3 is 9.64 Å². The molecule has 0 heterocycles. The maximum atomic E-state index is 11.9. The largest absolute Gasteiger partial charge is 0.440 e. The highest BCUT2D eigenvalue weighted by molar-refractivity contribution is 6.30. The zero-order valence-electron chi connectivity index (χ0n) is 10.4. The Morgan fingerprint density at radius 1 is 1.47 bits per heavy atom. The molecule has 0 radical (unpaired) electrons. The average Bonchev–Trinajstić information content (AvgIpc) is 2.33. The second kappa shape index (κ2) is 6.14. The van der Waals surface area contributed by atoms with E-state index in [1.807, 2.05) is 0 Å². The van der Waals surface area contributed by atoms with Gasteiger partial charge in [0.1, 0.15) is 0 Å². The fourth-order valence-corrected chi connectivity index (χ4v) is 1.59. The summed E-state index contributed by atoms with van der Waals surface area (Å²) in [7, 11) is 1.37. The second-order valence-corrected chi connectivity index (χ2v) is 4.45. The van der Waals surface area contributed by atoms with E-state index in [0.29, 0.717) is 10.6 Å². The van der Waals surface area contributed by atoms with Crippen LogP contribution in [0.25, 0.3) is 0 Å². The van der Waals surface area contributed by atoms with Gasteiger partial charge in [-0.05, 0) is 24.6 Å². The third-order valence-corrected chi connectivity index (χ3v) is 2.79. The van der Waals surface area contributed by atoms with Crippen molar-refractivity contribution in [1.82, 2.24) is 4.90 Å². The minimum atomic E-state index is -4.53. The highest BCUT2D eigenvalue weighted by atomic mass is 35.5. The number of benzene rings is 1. The number of rotatable bonds is 3. The van der Waals surface area contributed by atoms with E-state index in [1.54, 1.807) is 31.2 Å². The predicted octanol–water partition coefficient (Wildman–Crippen LogP) is 4.03. The maximum absolute atomic E-state index is 11.9. The average molecular weight is 296 g/mol. The zero-order chi connectivity index (χ0) is 14.6. The van der Waals surface area contributed by atoms with Crippen LogP contribution in [-0.2, 0) is 4.74 Å². The van der Waals surface area contributed by atoms with E-state index >= 15 is 0 Å². The summed E-state index contributed by atoms with van der Waals surface area (Å²) in [5, 5.41) is 0.487. The molecule has 0 fully saturated rings. The first-order chi connectivity index (χ1) is 8.70. The van der Waals surface area contributed by atoms with Crippen molar-refractivity contribution in [3.63, 3.8) is 0 Å². The lowest BCUT2D eigenvalue weighted by molar-refractivity contribution is -0.162. The lowest BCUT2D eigenvalue weighted by atomic mass is 10.1. The number of hydrogen-bond acceptors (Lipinski definition) is 2. The van der Waals surface area contributed by atoms with Crippen molar-refractivity contribution in [2.24, 2.45) is 0 Å². The van der Waals surface area contributed by atoms with Gasteiger partial charge in [0, 0.05) is 12.1 Å². The molecule has 0 saturated heterocycles. The normalized spacial score (nSPS) is 12.9. The Balaban J connectivity index is 2.66. The fraction of sp³-hybridized carbons (Fsp3) is 0.417. The first kappa shape index (κ1) is 15.6. The monoisotopic (exact) mass is 295 g/mol. The molecule has 0 aliphatic rings. The molecule has 7 heteroatoms. The van der Waals surface area contributed by atoms with Crippen LogP contribution in [0, 0.1) is 0 Å². The third kappa shape index (κ3) is 4.98. The summed E-state index contributed by atoms with van der Waals surface area (Å²) in [6.45, 7) is 0.0684. The maximum Gasteiger partial charge on any atom is 0.422 e. The summed E-state index contributed by atoms with van der Waals surface area (Å²) in [6, 6.07) is 6.28. The summed E-state index contributed by atoms with van der Waals surface area (Å²) in [5.74, 6) is 0. The highest BCUT2D eigenvalue weighted by Gasteiger charge is 2.31. The van der Waals surface area contributed by atoms with Gasteiger partial charge in [0.15, 0.2) is 6.61 Å². The Morgan fingerprint density at radius 3 is 2.63 bits per heavy atom. The SMILES string of the molecule is CC(c1cccc(Cl)c1)N(C)C(=O)OCC(F)(F)F. The fourth-order valence-electron chi connectivity index (χ4n) is 1.39. The van der Waals surface area contributed by atoms with E-state index in [1.165, 1.54) is 7.05 Å². The molecule has 1 atom stereocenters. The van der Waals surface area contributed by atoms with Crippen molar-refractivity contribution in [3.05, 3.63) is 34.9 Å². The van der Waals surface area contributed by atoms with E-state index in [9.17, 15) is 18.0 Å². The van der Waals surface area contributed by atoms with Gasteiger partial charge in [-0.25, -0.2) is 4.79 Å². The van der Waals surface area contributed by atoms with E-state index < -0.39 is 24.9 Å². The lowest BCUT2D eigenvalue weighted by Crippen LogP contribution is -2.33. The van der Waals surface area contributed by atoms with Crippen LogP contribution in [0.3, 0.4) is 0 Å². The molecule has 0 saturated carbocycles. The Hall–Kier alpha value is -1.43. The van der Waals surface area contributed by atoms with Gasteiger partial charge in [0.2, 0.25) is 0 Å². The summed E-state index contributed by atoms with van der Waals surface area (Å²) >= 11 is 5.81. The molecule has 0 aliphatic heterocycles. The van der Waals surface area contributed by atoms with Crippen molar-refractivity contribution in [1.29, 1.82) is 0 Å². The summed E-state index contributed by atoms with van der Waals surface area (Å²) in [5.41, 5.74) is 0.707. The minimum absolute atomic E-state index is 0.445. The molecular formula is C12H13ClF3NO2. The molecule has 1 amide bonds. The molecule has 19 heavy (non-hydrogen) atoms. The van der Waals surface area contributed by atoms with Crippen molar-refractivity contribution in [3.8, 4) is 0 Å². The topological polar surface area (TPSA) is 29.5 Å². The molecule has 1 aromatic rings. The van der Waals surface area contributed by atoms with Gasteiger partial charge >= 0.3 is 12.3 Å². The van der Waals surface area contributed by atoms with Crippen LogP contribution >= 0.6 is 11.6 Å². The number of nitrogens with zero attached hydrogens (tertiary/aromatic N) is 1. The van der Waals surface area contributed by atoms with Crippen LogP contribution in [0.1, 0.15) is 18.5 Å². The zero-order valence-corrected chi connectivity index (χ0v) is 11.1. The molecule has 3 nitrogen and oxygen atoms in total. The molecule has 106 valence electrons. The second-order valence-electron chi connectivity index (χ2n) is 4.01. The predicted molar refractivity (Wildman–Crippen MR) is 65.0 cm³/mol. The summed E-state index contributed by atoms with van der Waals surface area (Å²) < 4.78 is 40.0. The van der Waals surface area contributed by atoms with E-state index in [2.05, 4.69) is 4.74 Å². The Kier molecular flexibility index (Phi) is 5.05. The van der Waals surface area contributed by atoms with Gasteiger partial charge in [-0.3, -0.25) is 0 Å². The van der Waals surface area contributed by atoms with Gasteiger partial charge in [-0.1, -0.05) is 23.7 Å². The van der Waals surface area contributed by atoms with Gasteiger partial charge in [0.25, 0.3) is 0 Å². The van der Waals surface area contributed by atoms with Crippen molar-refractivity contribution >= 4 is 17.7 Å². The lowest BCUT2D eigenvalue weighted by Gasteiger charge is -2.25. The van der Waals surface area contributed by atoms with Crippen LogP contribution in [0.2, 0.25) is 5.02 Å². The molecular weight excluding hydrogens is 283 g/mol. The Morgan fingerprint density at radius 2 is 2.11 bits per heavy atom. The molecule has 0 N–H and O–H groups in total. The van der Waals surface area contributed by atoms with Crippen LogP contribution in [0.4, 0.5) is 18.0 Å². The number of alkyl halides is 3. The smallest absolute Gasteiger partial charge is 0.422 e. The number of carbonyl (C=O) groups is 1. The standard InChI is InChI=1S/C12H13ClF3NO2/c1-8(9-4-3-5-10(13)6-9)17(2)11(18)19-7-12(14,15)16/h3-6,8H,7H2,1-2H3. The van der Waals surface area contributed by atoms with E-state index in [0.717, 1.165) is 4.90 Å². The molecule has 1 aromatic carbocycles. The first-order valence-electron chi connectivity index (χ1n) is 5.42. The number of hydrogen-bond donors (Lipinski definition) is 0. The van der Waals surface area contributed by atoms with Crippen LogP contribution in [0.15, 0.2) is 24.3 Å². The van der Waals surface area contributed by atoms with Crippen LogP contribution in [-0.4, -0.2) is 30.8 Å². The number of amides is 1. The van der Waals surface area contributed by atoms with Gasteiger partial charge in [0.05, 0.1) is 6.04 Å². The third-order valence-electron chi connectivity index (χ3n) is 2.56. The molecule has 1 unspecified atom stereocenters. The molecule has 0 bridgehead atoms. The summed E-state index contributed by atoms with van der Waals surface area (Å²) in [4.78, 5) is 12.5. The molecule has 0 spiro atoms. The highest BCUT2D eigenvalue weighted by Crippen LogP contribution is 2.23. The number of ether oxygens (including phenoxy) is 1. The van der Waals surface area contributed by atoms with Crippen molar-refractivity contribution in [2.75, 3.05) is 13.7 Å². The van der Waals surface area contributed by atoms with Crippen molar-refractivity contribution in [2.45, 2.75) is 19.1 Å². The number of halogens is 4. The molecule has 0 aliphatic carbocycles. The number of carbonyl (C=O) groups excluding carboxylic acids is 1. The summed E-state index contributed by atoms with van der Waals surface area (Å²) in [6.07, 6.45) is -5.57. The van der Waals surface area contributed by atoms with Gasteiger partial charge in [-0.15, -0.1) is 0 Å². The van der Waals surface area contributed by atoms with Crippen molar-refractivity contribution < 1.29 is 22.7 Å². The first-order valence-corrected chi connectivity index (χ1v) is 5.80. The van der Waals surface area contributed by atoms with Crippen LogP contribution in [0.5, 0.6) is 0 Å².